The zero-order chi connectivity index (χ0) is 42.0. The highest BCUT2D eigenvalue weighted by molar-refractivity contribution is 5.62. The van der Waals surface area contributed by atoms with Gasteiger partial charge in [0.25, 0.3) is 0 Å². The summed E-state index contributed by atoms with van der Waals surface area (Å²) in [7, 11) is 4.81. The number of aliphatic hydroxyl groups is 1. The molecule has 0 radical (unpaired) electrons. The summed E-state index contributed by atoms with van der Waals surface area (Å²) in [5.74, 6) is -3.54. The molecular weight excluding hydrogens is 884 g/mol. The number of halogens is 2. The van der Waals surface area contributed by atoms with Crippen LogP contribution in [0.4, 0.5) is 0 Å². The quantitative estimate of drug-likeness (QED) is 0.138. The first kappa shape index (κ1) is 49.5. The summed E-state index contributed by atoms with van der Waals surface area (Å²) in [5, 5.41) is 96.3. The van der Waals surface area contributed by atoms with Crippen LogP contribution in [0.2, 0.25) is 0 Å². The number of likely N-dealkylation sites (N-methyl/N-ethyl adjacent to an activating group) is 2. The number of fused-ring (bicyclic) bond motifs is 11. The van der Waals surface area contributed by atoms with Crippen LogP contribution in [-0.2, 0) is 0 Å². The minimum Gasteiger partial charge on any atom is -1.00 e. The number of hydrogen-bond acceptors (Lipinski definition) is 9. The lowest BCUT2D eigenvalue weighted by Gasteiger charge is -2.52. The van der Waals surface area contributed by atoms with Gasteiger partial charge in [-0.2, -0.15) is 0 Å². The maximum atomic E-state index is 11.1. The molecule has 3 aliphatic heterocycles. The lowest BCUT2D eigenvalue weighted by molar-refractivity contribution is -1.06. The fourth-order valence-electron chi connectivity index (χ4n) is 9.23. The Bertz CT molecular complexity index is 1680. The predicted molar refractivity (Wildman–Crippen MR) is 222 cm³/mol. The Kier molecular flexibility index (Phi) is 16.9. The number of nitrogens with zero attached hydrogens (tertiary/aromatic N) is 2. The third-order valence-electron chi connectivity index (χ3n) is 12.9. The van der Waals surface area contributed by atoms with E-state index in [0.29, 0.717) is 70.2 Å². The first-order chi connectivity index (χ1) is 27.0. The SMILES string of the molecule is CCC1c2cc(c(O)cc2O)C(CC)c2cc(c(O)cc2O)C(CC)c2cc(c(O)cc2O)C(CC)c2cc1c(O)cc2O.CCO.C[N+]12CC[N+](C)(CC1)CC2.[Br-].[Br-]. The standard InChI is InChI=1S/C36H40O8.C8H18N2.C2H6O.2BrH/c1-5-17-21-9-23(31(39)13-29(21)37)18(6-2)25-11-27(35(43)15-33(25)41)20(8-4)28-12-26(34(42)16-36(28)44)19(7-3)24-10-22(17)30(38)14-32(24)40;1-9-3-6-10(2,7-4-9)8-5-9;1-2-3;;/h9-20,37-44H,5-8H2,1-4H3;3-8H2,1-2H3;3H,2H2,1H3;2*1H/q;+2;;;/p-2. The van der Waals surface area contributed by atoms with Gasteiger partial charge in [0.2, 0.25) is 0 Å². The zero-order valence-corrected chi connectivity index (χ0v) is 38.6. The van der Waals surface area contributed by atoms with E-state index in [0.717, 1.165) is 0 Å². The fourth-order valence-corrected chi connectivity index (χ4v) is 9.23. The van der Waals surface area contributed by atoms with Crippen molar-refractivity contribution >= 4 is 0 Å². The molecule has 0 amide bonds. The van der Waals surface area contributed by atoms with Gasteiger partial charge in [-0.05, 0) is 56.9 Å². The third kappa shape index (κ3) is 10.0. The molecule has 0 atom stereocenters. The van der Waals surface area contributed by atoms with Gasteiger partial charge in [-0.1, -0.05) is 27.7 Å². The molecule has 3 heterocycles. The number of piperazine rings is 3. The van der Waals surface area contributed by atoms with Crippen LogP contribution in [0, 0.1) is 0 Å². The molecule has 4 aliphatic rings. The molecular formula is C46H64Br2N2O9. The Balaban J connectivity index is 0.000000528. The molecule has 0 aromatic heterocycles. The van der Waals surface area contributed by atoms with Crippen molar-refractivity contribution in [2.75, 3.05) is 60.0 Å². The van der Waals surface area contributed by atoms with Gasteiger partial charge < -0.3 is 88.9 Å². The number of benzene rings is 4. The van der Waals surface area contributed by atoms with E-state index in [4.69, 9.17) is 5.11 Å². The van der Waals surface area contributed by atoms with Crippen molar-refractivity contribution < 1.29 is 88.9 Å². The molecule has 10 bridgehead atoms. The van der Waals surface area contributed by atoms with Crippen LogP contribution >= 0.6 is 0 Å². The monoisotopic (exact) mass is 946 g/mol. The largest absolute Gasteiger partial charge is 1.00 e. The average molecular weight is 949 g/mol. The number of phenolic OH excluding ortho intramolecular Hbond substituents is 8. The molecule has 1 aliphatic carbocycles. The smallest absolute Gasteiger partial charge is 0.129 e. The van der Waals surface area contributed by atoms with Crippen molar-refractivity contribution in [2.24, 2.45) is 0 Å². The second-order valence-corrected chi connectivity index (χ2v) is 16.6. The van der Waals surface area contributed by atoms with Crippen LogP contribution in [0.3, 0.4) is 0 Å². The van der Waals surface area contributed by atoms with Gasteiger partial charge in [-0.15, -0.1) is 0 Å². The van der Waals surface area contributed by atoms with Gasteiger partial charge in [0, 0.05) is 99.1 Å². The van der Waals surface area contributed by atoms with Crippen LogP contribution < -0.4 is 34.0 Å². The summed E-state index contributed by atoms with van der Waals surface area (Å²) >= 11 is 0. The lowest BCUT2D eigenvalue weighted by Crippen LogP contribution is -3.00. The normalized spacial score (nSPS) is 23.9. The summed E-state index contributed by atoms with van der Waals surface area (Å²) < 4.78 is 2.71. The highest BCUT2D eigenvalue weighted by Gasteiger charge is 2.43. The van der Waals surface area contributed by atoms with Gasteiger partial charge in [0.05, 0.1) is 14.1 Å². The molecule has 0 saturated carbocycles. The average Bonchev–Trinajstić information content (AvgIpc) is 3.16. The van der Waals surface area contributed by atoms with E-state index < -0.39 is 23.7 Å². The van der Waals surface area contributed by atoms with Gasteiger partial charge in [-0.3, -0.25) is 0 Å². The summed E-state index contributed by atoms with van der Waals surface area (Å²) in [5.41, 5.74) is 3.60. The number of aromatic hydroxyl groups is 8. The Labute approximate surface area is 370 Å². The Morgan fingerprint density at radius 3 is 0.610 bits per heavy atom. The Hall–Kier alpha value is -3.88. The van der Waals surface area contributed by atoms with E-state index in [2.05, 4.69) is 14.1 Å². The van der Waals surface area contributed by atoms with Crippen LogP contribution in [0.1, 0.15) is 128 Å². The molecule has 13 heteroatoms. The van der Waals surface area contributed by atoms with Gasteiger partial charge >= 0.3 is 0 Å². The third-order valence-corrected chi connectivity index (χ3v) is 12.9. The highest BCUT2D eigenvalue weighted by Crippen LogP contribution is 2.51. The van der Waals surface area contributed by atoms with Crippen LogP contribution in [-0.4, -0.2) is 115 Å². The fraction of sp³-hybridized carbons (Fsp3) is 0.478. The maximum absolute atomic E-state index is 11.1. The lowest BCUT2D eigenvalue weighted by atomic mass is 9.78. The molecule has 4 aromatic carbocycles. The minimum absolute atomic E-state index is 0. The van der Waals surface area contributed by atoms with Crippen LogP contribution in [0.25, 0.3) is 0 Å². The molecule has 11 nitrogen and oxygen atoms in total. The zero-order valence-electron chi connectivity index (χ0n) is 35.4. The molecule has 326 valence electrons. The van der Waals surface area contributed by atoms with Crippen molar-refractivity contribution in [3.8, 4) is 46.0 Å². The second-order valence-electron chi connectivity index (χ2n) is 16.6. The number of phenols is 8. The topological polar surface area (TPSA) is 182 Å². The van der Waals surface area contributed by atoms with Gasteiger partial charge in [0.1, 0.15) is 85.3 Å². The van der Waals surface area contributed by atoms with Gasteiger partial charge in [0.15, 0.2) is 0 Å². The molecule has 59 heavy (non-hydrogen) atoms. The van der Waals surface area contributed by atoms with Crippen molar-refractivity contribution in [1.82, 2.24) is 0 Å². The van der Waals surface area contributed by atoms with Crippen LogP contribution in [0.15, 0.2) is 48.5 Å². The van der Waals surface area contributed by atoms with Crippen LogP contribution in [0.5, 0.6) is 46.0 Å². The second kappa shape index (κ2) is 20.1. The molecule has 3 fully saturated rings. The molecule has 3 saturated heterocycles. The van der Waals surface area contributed by atoms with Gasteiger partial charge in [-0.25, -0.2) is 0 Å². The molecule has 4 aromatic rings. The number of aliphatic hydroxyl groups excluding tert-OH is 1. The van der Waals surface area contributed by atoms with E-state index >= 15 is 0 Å². The molecule has 9 N–H and O–H groups in total. The first-order valence-electron chi connectivity index (χ1n) is 20.5. The Morgan fingerprint density at radius 1 is 0.356 bits per heavy atom. The maximum Gasteiger partial charge on any atom is 0.129 e. The number of quaternary nitrogens is 2. The van der Waals surface area contributed by atoms with Crippen molar-refractivity contribution in [3.05, 3.63) is 93.0 Å². The van der Waals surface area contributed by atoms with Crippen molar-refractivity contribution in [2.45, 2.75) is 84.0 Å². The van der Waals surface area contributed by atoms with E-state index in [-0.39, 0.29) is 86.6 Å². The predicted octanol–water partition coefficient (Wildman–Crippen LogP) is 1.73. The summed E-state index contributed by atoms with van der Waals surface area (Å²) in [6.07, 6.45) is 1.80. The number of rotatable bonds is 4. The van der Waals surface area contributed by atoms with E-state index in [1.54, 1.807) is 31.2 Å². The van der Waals surface area contributed by atoms with E-state index in [9.17, 15) is 40.9 Å². The Morgan fingerprint density at radius 2 is 0.492 bits per heavy atom. The number of hydrogen-bond donors (Lipinski definition) is 9. The van der Waals surface area contributed by atoms with Crippen molar-refractivity contribution in [1.29, 1.82) is 0 Å². The summed E-state index contributed by atoms with van der Waals surface area (Å²) in [6, 6.07) is 11.8. The van der Waals surface area contributed by atoms with E-state index in [1.165, 1.54) is 72.5 Å². The van der Waals surface area contributed by atoms with E-state index in [1.807, 2.05) is 27.7 Å². The highest BCUT2D eigenvalue weighted by atomic mass is 79.9. The van der Waals surface area contributed by atoms with Crippen molar-refractivity contribution in [3.63, 3.8) is 0 Å². The molecule has 0 unspecified atom stereocenters. The molecule has 8 rings (SSSR count). The minimum atomic E-state index is -0.547. The first-order valence-corrected chi connectivity index (χ1v) is 20.5. The summed E-state index contributed by atoms with van der Waals surface area (Å²) in [4.78, 5) is 0. The molecule has 0 spiro atoms. The summed E-state index contributed by atoms with van der Waals surface area (Å²) in [6.45, 7) is 18.0.